The Hall–Kier alpha value is -5.46. The van der Waals surface area contributed by atoms with Gasteiger partial charge in [0.25, 0.3) is 11.8 Å². The van der Waals surface area contributed by atoms with Crippen LogP contribution in [0.25, 0.3) is 0 Å². The normalized spacial score (nSPS) is 18.2. The SMILES string of the molecule is CC(C)S(=O)(=O)c1ccccc1Nc1nc(N[C@@H]2CCCN(CCCCc3cn(CCCCCCCOc4ccc5c(c4)C(=O)N(C4CCC(=O)NC4=O)C5=O)nn3)C2)ncc1Cl. The van der Waals surface area contributed by atoms with Gasteiger partial charge in [0.15, 0.2) is 15.7 Å². The largest absolute Gasteiger partial charge is 0.494 e. The van der Waals surface area contributed by atoms with E-state index in [1.807, 2.05) is 10.9 Å². The molecule has 2 atom stereocenters. The molecule has 2 aromatic carbocycles. The Bertz CT molecular complexity index is 2410. The van der Waals surface area contributed by atoms with Gasteiger partial charge in [0.2, 0.25) is 17.8 Å². The van der Waals surface area contributed by atoms with E-state index in [-0.39, 0.29) is 34.9 Å². The third-order valence-corrected chi connectivity index (χ3v) is 14.1. The smallest absolute Gasteiger partial charge is 0.262 e. The van der Waals surface area contributed by atoms with Crippen LogP contribution < -0.4 is 20.7 Å². The highest BCUT2D eigenvalue weighted by molar-refractivity contribution is 7.92. The van der Waals surface area contributed by atoms with Crippen molar-refractivity contribution in [2.45, 2.75) is 120 Å². The number of hydrogen-bond donors (Lipinski definition) is 3. The molecule has 3 N–H and O–H groups in total. The van der Waals surface area contributed by atoms with Crippen molar-refractivity contribution in [1.82, 2.24) is 40.1 Å². The van der Waals surface area contributed by atoms with Crippen molar-refractivity contribution in [1.29, 1.82) is 0 Å². The fourth-order valence-corrected chi connectivity index (χ4v) is 9.46. The molecular weight excluding hydrogens is 848 g/mol. The van der Waals surface area contributed by atoms with E-state index in [9.17, 15) is 27.6 Å². The van der Waals surface area contributed by atoms with Crippen molar-refractivity contribution >= 4 is 62.5 Å². The van der Waals surface area contributed by atoms with Crippen molar-refractivity contribution in [3.05, 3.63) is 76.7 Å². The van der Waals surface area contributed by atoms with E-state index >= 15 is 0 Å². The number of carbonyl (C=O) groups excluding carboxylic acids is 4. The number of aryl methyl sites for hydroxylation is 2. The molecular formula is C44H55ClN10O7S. The molecule has 3 aliphatic heterocycles. The highest BCUT2D eigenvalue weighted by Gasteiger charge is 2.44. The summed E-state index contributed by atoms with van der Waals surface area (Å²) in [4.78, 5) is 62.5. The van der Waals surface area contributed by atoms with Gasteiger partial charge in [-0.3, -0.25) is 34.1 Å². The number of para-hydroxylation sites is 1. The molecule has 2 fully saturated rings. The average molecular weight is 904 g/mol. The van der Waals surface area contributed by atoms with E-state index < -0.39 is 44.8 Å². The van der Waals surface area contributed by atoms with Crippen LogP contribution >= 0.6 is 11.6 Å². The second kappa shape index (κ2) is 20.8. The fourth-order valence-electron chi connectivity index (χ4n) is 8.12. The summed E-state index contributed by atoms with van der Waals surface area (Å²) in [7, 11) is -3.53. The maximum absolute atomic E-state index is 13.1. The van der Waals surface area contributed by atoms with Crippen LogP contribution in [0.15, 0.2) is 59.8 Å². The van der Waals surface area contributed by atoms with Gasteiger partial charge in [-0.1, -0.05) is 48.2 Å². The Balaban J connectivity index is 0.756. The minimum atomic E-state index is -3.53. The Labute approximate surface area is 372 Å². The number of imide groups is 2. The first-order valence-corrected chi connectivity index (χ1v) is 23.8. The molecule has 336 valence electrons. The van der Waals surface area contributed by atoms with Crippen molar-refractivity contribution < 1.29 is 32.3 Å². The molecule has 7 rings (SSSR count). The van der Waals surface area contributed by atoms with Crippen molar-refractivity contribution in [2.75, 3.05) is 36.9 Å². The quantitative estimate of drug-likeness (QED) is 0.0650. The van der Waals surface area contributed by atoms with Crippen LogP contribution in [0.3, 0.4) is 0 Å². The number of nitrogens with one attached hydrogen (secondary N) is 3. The maximum Gasteiger partial charge on any atom is 0.262 e. The number of benzene rings is 2. The molecule has 2 saturated heterocycles. The number of anilines is 3. The van der Waals surface area contributed by atoms with Gasteiger partial charge in [0, 0.05) is 31.7 Å². The number of amides is 4. The van der Waals surface area contributed by atoms with Gasteiger partial charge in [-0.2, -0.15) is 4.98 Å². The first-order valence-electron chi connectivity index (χ1n) is 21.9. The average Bonchev–Trinajstić information content (AvgIpc) is 3.82. The molecule has 4 aromatic rings. The lowest BCUT2D eigenvalue weighted by Gasteiger charge is -2.33. The standard InChI is InChI=1S/C44H55ClN10O7S/c1-29(2)63(60,61)38-16-7-6-15-36(38)48-40-35(45)26-46-44(50-40)47-30-14-12-22-53(27-30)21-10-8-13-31-28-54(52-51-31)23-9-4-3-5-11-24-62-32-17-18-33-34(25-32)43(59)55(42(33)58)37-19-20-39(56)49-41(37)57/h6-7,15-18,25-26,28-30,37H,3-5,8-14,19-24,27H2,1-2H3,(H,49,56,57)(H2,46,47,48,50)/t30-,37?/m1/s1. The van der Waals surface area contributed by atoms with E-state index in [4.69, 9.17) is 16.3 Å². The van der Waals surface area contributed by atoms with Crippen molar-refractivity contribution in [3.8, 4) is 5.75 Å². The van der Waals surface area contributed by atoms with E-state index in [0.29, 0.717) is 34.8 Å². The zero-order valence-corrected chi connectivity index (χ0v) is 37.3. The molecule has 5 heterocycles. The molecule has 3 aliphatic rings. The van der Waals surface area contributed by atoms with Crippen molar-refractivity contribution in [2.24, 2.45) is 0 Å². The molecule has 0 aliphatic carbocycles. The van der Waals surface area contributed by atoms with E-state index in [2.05, 4.69) is 41.1 Å². The van der Waals surface area contributed by atoms with E-state index in [1.54, 1.807) is 56.3 Å². The van der Waals surface area contributed by atoms with Gasteiger partial charge in [0.05, 0.1) is 45.5 Å². The predicted octanol–water partition coefficient (Wildman–Crippen LogP) is 5.98. The number of carbonyl (C=O) groups is 4. The summed E-state index contributed by atoms with van der Waals surface area (Å²) in [6.45, 7) is 7.47. The molecule has 0 bridgehead atoms. The number of unbranched alkanes of at least 4 members (excludes halogenated alkanes) is 5. The summed E-state index contributed by atoms with van der Waals surface area (Å²) in [6, 6.07) is 10.7. The molecule has 0 saturated carbocycles. The number of hydrogen-bond acceptors (Lipinski definition) is 14. The third kappa shape index (κ3) is 11.4. The number of fused-ring (bicyclic) bond motifs is 1. The minimum Gasteiger partial charge on any atom is -0.494 e. The first kappa shape index (κ1) is 45.6. The molecule has 0 radical (unpaired) electrons. The highest BCUT2D eigenvalue weighted by atomic mass is 35.5. The Kier molecular flexibility index (Phi) is 15.1. The zero-order chi connectivity index (χ0) is 44.5. The van der Waals surface area contributed by atoms with Crippen LogP contribution in [-0.2, 0) is 32.4 Å². The summed E-state index contributed by atoms with van der Waals surface area (Å²) in [5.74, 6) is -0.857. The second-order valence-corrected chi connectivity index (χ2v) is 19.5. The third-order valence-electron chi connectivity index (χ3n) is 11.6. The number of rotatable bonds is 21. The van der Waals surface area contributed by atoms with Gasteiger partial charge >= 0.3 is 0 Å². The summed E-state index contributed by atoms with van der Waals surface area (Å²) < 4.78 is 33.8. The lowest BCUT2D eigenvalue weighted by atomic mass is 10.0. The number of likely N-dealkylation sites (tertiary alicyclic amines) is 1. The Morgan fingerprint density at radius 1 is 0.937 bits per heavy atom. The lowest BCUT2D eigenvalue weighted by molar-refractivity contribution is -0.136. The second-order valence-electron chi connectivity index (χ2n) is 16.6. The number of halogens is 1. The molecule has 1 unspecified atom stereocenters. The van der Waals surface area contributed by atoms with Gasteiger partial charge in [0.1, 0.15) is 16.8 Å². The van der Waals surface area contributed by atoms with Gasteiger partial charge in [-0.15, -0.1) is 5.10 Å². The molecule has 17 nitrogen and oxygen atoms in total. The Morgan fingerprint density at radius 3 is 2.54 bits per heavy atom. The number of nitrogens with zero attached hydrogens (tertiary/aromatic N) is 7. The molecule has 63 heavy (non-hydrogen) atoms. The minimum absolute atomic E-state index is 0.0753. The van der Waals surface area contributed by atoms with Crippen LogP contribution in [0.5, 0.6) is 5.75 Å². The summed E-state index contributed by atoms with van der Waals surface area (Å²) in [6.07, 6.45) is 13.6. The highest BCUT2D eigenvalue weighted by Crippen LogP contribution is 2.32. The topological polar surface area (TPSA) is 211 Å². The summed E-state index contributed by atoms with van der Waals surface area (Å²) in [5, 5.41) is 17.2. The van der Waals surface area contributed by atoms with Crippen LogP contribution in [0.2, 0.25) is 5.02 Å². The monoisotopic (exact) mass is 902 g/mol. The number of piperidine rings is 2. The fraction of sp³-hybridized carbons (Fsp3) is 0.500. The molecule has 19 heteroatoms. The number of sulfone groups is 1. The lowest BCUT2D eigenvalue weighted by Crippen LogP contribution is -2.54. The molecule has 0 spiro atoms. The van der Waals surface area contributed by atoms with Crippen LogP contribution in [-0.4, -0.2) is 110 Å². The summed E-state index contributed by atoms with van der Waals surface area (Å²) in [5.41, 5.74) is 1.86. The van der Waals surface area contributed by atoms with Crippen LogP contribution in [0, 0.1) is 0 Å². The number of aromatic nitrogens is 5. The maximum atomic E-state index is 13.1. The van der Waals surface area contributed by atoms with Crippen LogP contribution in [0.1, 0.15) is 111 Å². The predicted molar refractivity (Wildman–Crippen MR) is 237 cm³/mol. The summed E-state index contributed by atoms with van der Waals surface area (Å²) >= 11 is 6.45. The van der Waals surface area contributed by atoms with Crippen LogP contribution in [0.4, 0.5) is 17.5 Å². The van der Waals surface area contributed by atoms with Gasteiger partial charge in [-0.25, -0.2) is 13.4 Å². The van der Waals surface area contributed by atoms with Crippen molar-refractivity contribution in [3.63, 3.8) is 0 Å². The molecule has 2 aromatic heterocycles. The number of ether oxygens (including phenoxy) is 1. The first-order chi connectivity index (χ1) is 30.4. The van der Waals surface area contributed by atoms with Gasteiger partial charge in [-0.05, 0) is 109 Å². The Morgan fingerprint density at radius 2 is 1.71 bits per heavy atom. The van der Waals surface area contributed by atoms with E-state index in [1.165, 1.54) is 6.20 Å². The molecule has 4 amide bonds. The van der Waals surface area contributed by atoms with Gasteiger partial charge < -0.3 is 20.3 Å². The van der Waals surface area contributed by atoms with E-state index in [0.717, 1.165) is 101 Å². The zero-order valence-electron chi connectivity index (χ0n) is 35.7.